The SMILES string of the molecule is CCO[Si](CC(C)C)(CC(C)C)C1CCCCC1. The van der Waals surface area contributed by atoms with E-state index in [1.807, 2.05) is 0 Å². The molecule has 0 bridgehead atoms. The minimum atomic E-state index is -1.52. The van der Waals surface area contributed by atoms with Crippen molar-refractivity contribution in [3.8, 4) is 0 Å². The molecule has 0 spiro atoms. The van der Waals surface area contributed by atoms with Crippen LogP contribution in [-0.4, -0.2) is 14.9 Å². The minimum absolute atomic E-state index is 0.795. The van der Waals surface area contributed by atoms with Crippen LogP contribution in [0.5, 0.6) is 0 Å². The van der Waals surface area contributed by atoms with Crippen molar-refractivity contribution >= 4 is 8.32 Å². The molecule has 2 heteroatoms. The quantitative estimate of drug-likeness (QED) is 0.546. The summed E-state index contributed by atoms with van der Waals surface area (Å²) in [5.74, 6) is 1.59. The zero-order valence-electron chi connectivity index (χ0n) is 13.3. The van der Waals surface area contributed by atoms with E-state index in [9.17, 15) is 0 Å². The molecule has 0 atom stereocenters. The smallest absolute Gasteiger partial charge is 0.196 e. The van der Waals surface area contributed by atoms with Crippen molar-refractivity contribution < 1.29 is 4.43 Å². The van der Waals surface area contributed by atoms with E-state index < -0.39 is 8.32 Å². The average Bonchev–Trinajstić information content (AvgIpc) is 2.28. The molecular formula is C16H34OSi. The molecule has 0 aromatic rings. The summed E-state index contributed by atoms with van der Waals surface area (Å²) in [5, 5.41) is 0. The number of hydrogen-bond donors (Lipinski definition) is 0. The van der Waals surface area contributed by atoms with Crippen LogP contribution < -0.4 is 0 Å². The van der Waals surface area contributed by atoms with Gasteiger partial charge < -0.3 is 4.43 Å². The molecule has 0 aliphatic heterocycles. The molecule has 108 valence electrons. The van der Waals surface area contributed by atoms with E-state index in [4.69, 9.17) is 4.43 Å². The van der Waals surface area contributed by atoms with E-state index in [0.29, 0.717) is 0 Å². The van der Waals surface area contributed by atoms with Crippen molar-refractivity contribution in [3.63, 3.8) is 0 Å². The lowest BCUT2D eigenvalue weighted by Crippen LogP contribution is -2.46. The van der Waals surface area contributed by atoms with Crippen molar-refractivity contribution in [2.45, 2.75) is 84.4 Å². The Morgan fingerprint density at radius 3 is 1.83 bits per heavy atom. The molecule has 1 saturated carbocycles. The lowest BCUT2D eigenvalue weighted by Gasteiger charge is -2.42. The maximum Gasteiger partial charge on any atom is 0.196 e. The molecule has 1 nitrogen and oxygen atoms in total. The molecule has 18 heavy (non-hydrogen) atoms. The number of hydrogen-bond acceptors (Lipinski definition) is 1. The first-order valence-corrected chi connectivity index (χ1v) is 10.5. The molecule has 0 aromatic carbocycles. The van der Waals surface area contributed by atoms with Gasteiger partial charge in [0.05, 0.1) is 0 Å². The lowest BCUT2D eigenvalue weighted by molar-refractivity contribution is 0.285. The highest BCUT2D eigenvalue weighted by molar-refractivity contribution is 6.75. The molecule has 0 radical (unpaired) electrons. The lowest BCUT2D eigenvalue weighted by atomic mass is 10.0. The van der Waals surface area contributed by atoms with E-state index in [1.54, 1.807) is 0 Å². The Bertz CT molecular complexity index is 209. The zero-order chi connectivity index (χ0) is 13.6. The van der Waals surface area contributed by atoms with Crippen molar-refractivity contribution in [2.24, 2.45) is 11.8 Å². The van der Waals surface area contributed by atoms with Gasteiger partial charge in [0.1, 0.15) is 0 Å². The third kappa shape index (κ3) is 4.69. The molecule has 0 unspecified atom stereocenters. The van der Waals surface area contributed by atoms with Crippen LogP contribution in [0.4, 0.5) is 0 Å². The zero-order valence-corrected chi connectivity index (χ0v) is 14.3. The third-order valence-electron chi connectivity index (χ3n) is 4.29. The molecular weight excluding hydrogens is 236 g/mol. The van der Waals surface area contributed by atoms with E-state index >= 15 is 0 Å². The maximum atomic E-state index is 6.53. The Morgan fingerprint density at radius 1 is 0.944 bits per heavy atom. The fraction of sp³-hybridized carbons (Fsp3) is 1.00. The van der Waals surface area contributed by atoms with Gasteiger partial charge in [0.25, 0.3) is 0 Å². The highest BCUT2D eigenvalue weighted by Crippen LogP contribution is 2.44. The molecule has 0 amide bonds. The van der Waals surface area contributed by atoms with Gasteiger partial charge in [-0.05, 0) is 36.4 Å². The summed E-state index contributed by atoms with van der Waals surface area (Å²) in [6.45, 7) is 12.6. The average molecular weight is 271 g/mol. The van der Waals surface area contributed by atoms with Crippen molar-refractivity contribution in [1.29, 1.82) is 0 Å². The molecule has 1 fully saturated rings. The Hall–Kier alpha value is 0.177. The van der Waals surface area contributed by atoms with Crippen LogP contribution in [-0.2, 0) is 4.43 Å². The third-order valence-corrected chi connectivity index (χ3v) is 10.2. The monoisotopic (exact) mass is 270 g/mol. The van der Waals surface area contributed by atoms with Crippen LogP contribution in [0.2, 0.25) is 17.6 Å². The van der Waals surface area contributed by atoms with Crippen molar-refractivity contribution in [3.05, 3.63) is 0 Å². The fourth-order valence-corrected chi connectivity index (χ4v) is 10.1. The van der Waals surface area contributed by atoms with Gasteiger partial charge in [0, 0.05) is 6.61 Å². The highest BCUT2D eigenvalue weighted by Gasteiger charge is 2.43. The first-order valence-electron chi connectivity index (χ1n) is 8.14. The summed E-state index contributed by atoms with van der Waals surface area (Å²) in [6.07, 6.45) is 7.25. The molecule has 0 saturated heterocycles. The van der Waals surface area contributed by atoms with E-state index in [2.05, 4.69) is 34.6 Å². The second-order valence-electron chi connectivity index (χ2n) is 7.03. The normalized spacial score (nSPS) is 18.8. The highest BCUT2D eigenvalue weighted by atomic mass is 28.4. The van der Waals surface area contributed by atoms with Gasteiger partial charge in [-0.25, -0.2) is 0 Å². The topological polar surface area (TPSA) is 9.23 Å². The van der Waals surface area contributed by atoms with Gasteiger partial charge in [0.15, 0.2) is 8.32 Å². The van der Waals surface area contributed by atoms with Gasteiger partial charge in [0.2, 0.25) is 0 Å². The second kappa shape index (κ2) is 7.69. The largest absolute Gasteiger partial charge is 0.417 e. The molecule has 0 N–H and O–H groups in total. The Kier molecular flexibility index (Phi) is 6.93. The summed E-state index contributed by atoms with van der Waals surface area (Å²) >= 11 is 0. The van der Waals surface area contributed by atoms with Crippen LogP contribution in [0, 0.1) is 11.8 Å². The Labute approximate surface area is 116 Å². The summed E-state index contributed by atoms with van der Waals surface area (Å²) in [6, 6.07) is 2.76. The van der Waals surface area contributed by atoms with Crippen LogP contribution in [0.15, 0.2) is 0 Å². The second-order valence-corrected chi connectivity index (χ2v) is 11.1. The van der Waals surface area contributed by atoms with Crippen LogP contribution in [0.3, 0.4) is 0 Å². The summed E-state index contributed by atoms with van der Waals surface area (Å²) < 4.78 is 6.53. The Balaban J connectivity index is 2.85. The first kappa shape index (κ1) is 16.2. The van der Waals surface area contributed by atoms with Crippen molar-refractivity contribution in [1.82, 2.24) is 0 Å². The summed E-state index contributed by atoms with van der Waals surface area (Å²) in [7, 11) is -1.52. The van der Waals surface area contributed by atoms with Crippen molar-refractivity contribution in [2.75, 3.05) is 6.61 Å². The van der Waals surface area contributed by atoms with Crippen LogP contribution in [0.1, 0.15) is 66.7 Å². The van der Waals surface area contributed by atoms with E-state index in [0.717, 1.165) is 24.0 Å². The molecule has 0 heterocycles. The summed E-state index contributed by atoms with van der Waals surface area (Å²) in [4.78, 5) is 0. The molecule has 1 aliphatic carbocycles. The van der Waals surface area contributed by atoms with Gasteiger partial charge >= 0.3 is 0 Å². The van der Waals surface area contributed by atoms with Crippen LogP contribution >= 0.6 is 0 Å². The predicted octanol–water partition coefficient (Wildman–Crippen LogP) is 5.61. The predicted molar refractivity (Wildman–Crippen MR) is 83.5 cm³/mol. The van der Waals surface area contributed by atoms with E-state index in [-0.39, 0.29) is 0 Å². The maximum absolute atomic E-state index is 6.53. The summed E-state index contributed by atoms with van der Waals surface area (Å²) in [5.41, 5.74) is 0.941. The van der Waals surface area contributed by atoms with Gasteiger partial charge in [-0.3, -0.25) is 0 Å². The van der Waals surface area contributed by atoms with E-state index in [1.165, 1.54) is 44.2 Å². The first-order chi connectivity index (χ1) is 8.50. The standard InChI is InChI=1S/C16H34OSi/c1-6-17-18(12-14(2)3,13-15(4)5)16-10-8-7-9-11-16/h14-16H,6-13H2,1-5H3. The van der Waals surface area contributed by atoms with Gasteiger partial charge in [-0.1, -0.05) is 59.8 Å². The number of rotatable bonds is 7. The minimum Gasteiger partial charge on any atom is -0.417 e. The fourth-order valence-electron chi connectivity index (χ4n) is 3.95. The van der Waals surface area contributed by atoms with Crippen LogP contribution in [0.25, 0.3) is 0 Å². The van der Waals surface area contributed by atoms with Gasteiger partial charge in [-0.15, -0.1) is 0 Å². The van der Waals surface area contributed by atoms with Gasteiger partial charge in [-0.2, -0.15) is 0 Å². The Morgan fingerprint density at radius 2 is 1.44 bits per heavy atom. The molecule has 1 aliphatic rings. The molecule has 1 rings (SSSR count). The molecule has 0 aromatic heterocycles.